The molecule has 1 aliphatic heterocycles. The van der Waals surface area contributed by atoms with Gasteiger partial charge in [0.05, 0.1) is 0 Å². The Balaban J connectivity index is 3.05. The van der Waals surface area contributed by atoms with Crippen molar-refractivity contribution in [2.24, 2.45) is 10.4 Å². The minimum absolute atomic E-state index is 0.123. The number of hydrogen-bond acceptors (Lipinski definition) is 2. The molecule has 0 radical (unpaired) electrons. The fourth-order valence-electron chi connectivity index (χ4n) is 1.95. The van der Waals surface area contributed by atoms with E-state index in [1.807, 2.05) is 0 Å². The molecule has 0 fully saturated rings. The number of hydrogen-bond donors (Lipinski definition) is 0. The molecule has 0 aromatic rings. The molecule has 1 rings (SSSR count). The van der Waals surface area contributed by atoms with E-state index in [4.69, 9.17) is 4.99 Å². The zero-order valence-corrected chi connectivity index (χ0v) is 11.7. The highest BCUT2D eigenvalue weighted by Crippen LogP contribution is 2.26. The third kappa shape index (κ3) is 3.36. The molecule has 2 heteroatoms. The molecule has 0 aliphatic carbocycles. The summed E-state index contributed by atoms with van der Waals surface area (Å²) in [5.41, 5.74) is 0.256. The molecule has 92 valence electrons. The second-order valence-corrected chi connectivity index (χ2v) is 6.50. The van der Waals surface area contributed by atoms with Crippen LogP contribution in [0.1, 0.15) is 48.0 Å². The normalized spacial score (nSPS) is 21.1. The van der Waals surface area contributed by atoms with Crippen molar-refractivity contribution in [1.29, 1.82) is 0 Å². The van der Waals surface area contributed by atoms with Gasteiger partial charge < -0.3 is 4.90 Å². The van der Waals surface area contributed by atoms with Crippen LogP contribution in [-0.4, -0.2) is 29.4 Å². The van der Waals surface area contributed by atoms with Crippen LogP contribution in [0, 0.1) is 5.41 Å². The number of rotatable bonds is 0. The van der Waals surface area contributed by atoms with Crippen LogP contribution in [0.2, 0.25) is 0 Å². The number of aliphatic imine (C=N–C) groups is 1. The van der Waals surface area contributed by atoms with Crippen molar-refractivity contribution in [2.45, 2.75) is 53.5 Å². The summed E-state index contributed by atoms with van der Waals surface area (Å²) in [6.07, 6.45) is 5.57. The topological polar surface area (TPSA) is 15.6 Å². The Kier molecular flexibility index (Phi) is 3.82. The highest BCUT2D eigenvalue weighted by Gasteiger charge is 2.31. The van der Waals surface area contributed by atoms with Gasteiger partial charge in [0.2, 0.25) is 0 Å². The van der Waals surface area contributed by atoms with Gasteiger partial charge >= 0.3 is 0 Å². The first-order valence-electron chi connectivity index (χ1n) is 6.20. The lowest BCUT2D eigenvalue weighted by atomic mass is 9.90. The molecule has 0 N–H and O–H groups in total. The fourth-order valence-corrected chi connectivity index (χ4v) is 1.95. The summed E-state index contributed by atoms with van der Waals surface area (Å²) < 4.78 is 0. The predicted octanol–water partition coefficient (Wildman–Crippen LogP) is 3.49. The first kappa shape index (κ1) is 13.3. The number of amidine groups is 1. The van der Waals surface area contributed by atoms with Gasteiger partial charge in [-0.1, -0.05) is 32.9 Å². The summed E-state index contributed by atoms with van der Waals surface area (Å²) in [7, 11) is 0. The van der Waals surface area contributed by atoms with Crippen molar-refractivity contribution in [2.75, 3.05) is 13.1 Å². The molecule has 0 bridgehead atoms. The largest absolute Gasteiger partial charge is 0.351 e. The molecule has 0 unspecified atom stereocenters. The monoisotopic (exact) mass is 222 g/mol. The summed E-state index contributed by atoms with van der Waals surface area (Å²) in [5, 5.41) is 0. The average Bonchev–Trinajstić information content (AvgIpc) is 1.96. The van der Waals surface area contributed by atoms with Gasteiger partial charge in [-0.25, -0.2) is 0 Å². The van der Waals surface area contributed by atoms with E-state index in [1.54, 1.807) is 0 Å². The van der Waals surface area contributed by atoms with Crippen LogP contribution in [0.15, 0.2) is 17.1 Å². The lowest BCUT2D eigenvalue weighted by Gasteiger charge is -2.42. The van der Waals surface area contributed by atoms with Crippen LogP contribution in [0.5, 0.6) is 0 Å². The Bertz CT molecular complexity index is 287. The fraction of sp³-hybridized carbons (Fsp3) is 0.786. The number of nitrogens with zero attached hydrogens (tertiary/aromatic N) is 2. The van der Waals surface area contributed by atoms with E-state index in [0.717, 1.165) is 19.5 Å². The predicted molar refractivity (Wildman–Crippen MR) is 72.0 cm³/mol. The second kappa shape index (κ2) is 4.60. The standard InChI is InChI=1S/C14H26N2/c1-13(2,3)12-15-10-8-7-9-11-16(12)14(4,5)6/h7,9H,8,10-11H2,1-6H3/b9-7-,15-12?. The zero-order chi connectivity index (χ0) is 12.4. The molecule has 0 saturated carbocycles. The van der Waals surface area contributed by atoms with Crippen LogP contribution >= 0.6 is 0 Å². The second-order valence-electron chi connectivity index (χ2n) is 6.50. The maximum atomic E-state index is 4.79. The van der Waals surface area contributed by atoms with E-state index in [-0.39, 0.29) is 11.0 Å². The Morgan fingerprint density at radius 3 is 2.19 bits per heavy atom. The van der Waals surface area contributed by atoms with Crippen molar-refractivity contribution in [1.82, 2.24) is 4.90 Å². The Morgan fingerprint density at radius 2 is 1.69 bits per heavy atom. The van der Waals surface area contributed by atoms with Gasteiger partial charge in [0, 0.05) is 24.0 Å². The maximum Gasteiger partial charge on any atom is 0.105 e. The first-order valence-corrected chi connectivity index (χ1v) is 6.20. The molecular formula is C14H26N2. The van der Waals surface area contributed by atoms with Gasteiger partial charge in [0.25, 0.3) is 0 Å². The molecule has 0 aromatic carbocycles. The molecule has 0 aromatic heterocycles. The van der Waals surface area contributed by atoms with E-state index in [2.05, 4.69) is 58.6 Å². The summed E-state index contributed by atoms with van der Waals surface area (Å²) in [5.74, 6) is 1.24. The molecule has 0 spiro atoms. The van der Waals surface area contributed by atoms with Crippen LogP contribution in [0.3, 0.4) is 0 Å². The molecule has 2 nitrogen and oxygen atoms in total. The minimum atomic E-state index is 0.123. The Morgan fingerprint density at radius 1 is 1.06 bits per heavy atom. The quantitative estimate of drug-likeness (QED) is 0.573. The van der Waals surface area contributed by atoms with E-state index in [9.17, 15) is 0 Å². The lowest BCUT2D eigenvalue weighted by molar-refractivity contribution is 0.234. The minimum Gasteiger partial charge on any atom is -0.351 e. The molecule has 1 aliphatic rings. The van der Waals surface area contributed by atoms with Crippen molar-refractivity contribution < 1.29 is 0 Å². The van der Waals surface area contributed by atoms with Gasteiger partial charge in [-0.2, -0.15) is 0 Å². The van der Waals surface area contributed by atoms with Crippen molar-refractivity contribution in [3.63, 3.8) is 0 Å². The van der Waals surface area contributed by atoms with Gasteiger partial charge in [-0.05, 0) is 27.2 Å². The van der Waals surface area contributed by atoms with Crippen LogP contribution in [0.4, 0.5) is 0 Å². The Hall–Kier alpha value is -0.790. The first-order chi connectivity index (χ1) is 7.23. The third-order valence-corrected chi connectivity index (χ3v) is 2.75. The van der Waals surface area contributed by atoms with Crippen molar-refractivity contribution >= 4 is 5.84 Å². The molecule has 0 saturated heterocycles. The molecule has 0 amide bonds. The maximum absolute atomic E-state index is 4.79. The zero-order valence-electron chi connectivity index (χ0n) is 11.7. The summed E-state index contributed by atoms with van der Waals surface area (Å²) in [6, 6.07) is 0. The van der Waals surface area contributed by atoms with Gasteiger partial charge in [0.15, 0.2) is 0 Å². The van der Waals surface area contributed by atoms with Crippen molar-refractivity contribution in [3.05, 3.63) is 12.2 Å². The van der Waals surface area contributed by atoms with E-state index < -0.39 is 0 Å². The summed E-state index contributed by atoms with van der Waals surface area (Å²) in [6.45, 7) is 15.4. The summed E-state index contributed by atoms with van der Waals surface area (Å²) in [4.78, 5) is 7.21. The molecule has 16 heavy (non-hydrogen) atoms. The highest BCUT2D eigenvalue weighted by molar-refractivity contribution is 5.88. The van der Waals surface area contributed by atoms with E-state index >= 15 is 0 Å². The van der Waals surface area contributed by atoms with Gasteiger partial charge in [-0.3, -0.25) is 4.99 Å². The highest BCUT2D eigenvalue weighted by atomic mass is 15.2. The average molecular weight is 222 g/mol. The third-order valence-electron chi connectivity index (χ3n) is 2.75. The lowest BCUT2D eigenvalue weighted by Crippen LogP contribution is -2.50. The molecule has 1 heterocycles. The van der Waals surface area contributed by atoms with Gasteiger partial charge in [0.1, 0.15) is 5.84 Å². The Labute approximate surface area is 100 Å². The van der Waals surface area contributed by atoms with Crippen LogP contribution < -0.4 is 0 Å². The van der Waals surface area contributed by atoms with E-state index in [1.165, 1.54) is 5.84 Å². The van der Waals surface area contributed by atoms with Crippen LogP contribution in [0.25, 0.3) is 0 Å². The molecule has 0 atom stereocenters. The summed E-state index contributed by atoms with van der Waals surface area (Å²) >= 11 is 0. The smallest absolute Gasteiger partial charge is 0.105 e. The van der Waals surface area contributed by atoms with E-state index in [0.29, 0.717) is 0 Å². The molecular weight excluding hydrogens is 196 g/mol. The SMILES string of the molecule is CC(C)(C)C1=NCC/C=C\CN1C(C)(C)C. The van der Waals surface area contributed by atoms with Crippen LogP contribution in [-0.2, 0) is 0 Å². The van der Waals surface area contributed by atoms with Gasteiger partial charge in [-0.15, -0.1) is 0 Å². The van der Waals surface area contributed by atoms with Crippen molar-refractivity contribution in [3.8, 4) is 0 Å².